The van der Waals surface area contributed by atoms with Crippen LogP contribution in [0.15, 0.2) is 0 Å². The number of carbonyl (C=O) groups excluding carboxylic acids is 2. The minimum absolute atomic E-state index is 0.0112. The molecule has 0 atom stereocenters. The molecule has 4 aliphatic carbocycles. The van der Waals surface area contributed by atoms with Gasteiger partial charge in [-0.05, 0) is 69.1 Å². The van der Waals surface area contributed by atoms with Crippen molar-refractivity contribution in [1.82, 2.24) is 10.2 Å². The molecule has 7 heteroatoms. The van der Waals surface area contributed by atoms with Gasteiger partial charge in [0.25, 0.3) is 0 Å². The van der Waals surface area contributed by atoms with E-state index >= 15 is 0 Å². The van der Waals surface area contributed by atoms with E-state index in [1.807, 2.05) is 0 Å². The molecule has 25 heavy (non-hydrogen) atoms. The second-order valence-corrected chi connectivity index (χ2v) is 8.75. The van der Waals surface area contributed by atoms with Crippen LogP contribution in [-0.2, 0) is 9.59 Å². The van der Waals surface area contributed by atoms with Gasteiger partial charge in [0.15, 0.2) is 0 Å². The molecule has 2 amide bonds. The van der Waals surface area contributed by atoms with Gasteiger partial charge in [-0.3, -0.25) is 9.59 Å². The fourth-order valence-electron chi connectivity index (χ4n) is 6.15. The highest BCUT2D eigenvalue weighted by Gasteiger charge is 2.52. The largest absolute Gasteiger partial charge is 0.471 e. The smallest absolute Gasteiger partial charge is 0.350 e. The van der Waals surface area contributed by atoms with Crippen LogP contribution in [0.2, 0.25) is 0 Å². The normalized spacial score (nSPS) is 38.0. The van der Waals surface area contributed by atoms with Crippen molar-refractivity contribution in [3.63, 3.8) is 0 Å². The number of amides is 2. The van der Waals surface area contributed by atoms with E-state index in [-0.39, 0.29) is 30.5 Å². The molecule has 0 spiro atoms. The van der Waals surface area contributed by atoms with E-state index in [4.69, 9.17) is 0 Å². The summed E-state index contributed by atoms with van der Waals surface area (Å²) in [5.74, 6) is 0.132. The molecule has 1 aliphatic heterocycles. The van der Waals surface area contributed by atoms with Crippen LogP contribution in [0.4, 0.5) is 13.2 Å². The Hall–Kier alpha value is -1.27. The van der Waals surface area contributed by atoms with Crippen LogP contribution in [-0.4, -0.2) is 41.5 Å². The zero-order chi connectivity index (χ0) is 17.8. The molecule has 0 aromatic rings. The van der Waals surface area contributed by atoms with Gasteiger partial charge in [0.05, 0.1) is 0 Å². The summed E-state index contributed by atoms with van der Waals surface area (Å²) in [5.41, 5.74) is -0.0647. The summed E-state index contributed by atoms with van der Waals surface area (Å²) in [6.45, 7) is 0.0224. The summed E-state index contributed by atoms with van der Waals surface area (Å²) in [5, 5.41) is 3.30. The Morgan fingerprint density at radius 2 is 1.40 bits per heavy atom. The lowest BCUT2D eigenvalue weighted by molar-refractivity contribution is -0.186. The lowest BCUT2D eigenvalue weighted by atomic mass is 9.53. The molecule has 0 aromatic heterocycles. The summed E-state index contributed by atoms with van der Waals surface area (Å²) in [6, 6.07) is 0. The van der Waals surface area contributed by atoms with Crippen molar-refractivity contribution in [2.75, 3.05) is 13.1 Å². The first-order valence-corrected chi connectivity index (χ1v) is 9.42. The van der Waals surface area contributed by atoms with Crippen molar-refractivity contribution < 1.29 is 22.8 Å². The lowest BCUT2D eigenvalue weighted by Crippen LogP contribution is -2.61. The van der Waals surface area contributed by atoms with Crippen LogP contribution in [0.3, 0.4) is 0 Å². The first-order chi connectivity index (χ1) is 11.7. The Morgan fingerprint density at radius 1 is 0.920 bits per heavy atom. The minimum atomic E-state index is -4.83. The van der Waals surface area contributed by atoms with Gasteiger partial charge in [-0.25, -0.2) is 0 Å². The van der Waals surface area contributed by atoms with Gasteiger partial charge in [0, 0.05) is 24.5 Å². The van der Waals surface area contributed by atoms with Crippen LogP contribution < -0.4 is 5.32 Å². The number of halogens is 3. The number of alkyl halides is 3. The van der Waals surface area contributed by atoms with Crippen LogP contribution >= 0.6 is 0 Å². The molecule has 4 saturated carbocycles. The average molecular weight is 358 g/mol. The van der Waals surface area contributed by atoms with E-state index in [0.29, 0.717) is 12.8 Å². The van der Waals surface area contributed by atoms with Gasteiger partial charge in [-0.15, -0.1) is 0 Å². The number of likely N-dealkylation sites (tertiary alicyclic amines) is 1. The van der Waals surface area contributed by atoms with E-state index in [1.54, 1.807) is 0 Å². The Kier molecular flexibility index (Phi) is 4.03. The van der Waals surface area contributed by atoms with Gasteiger partial charge in [0.2, 0.25) is 5.91 Å². The summed E-state index contributed by atoms with van der Waals surface area (Å²) >= 11 is 0. The average Bonchev–Trinajstić information content (AvgIpc) is 2.51. The fraction of sp³-hybridized carbons (Fsp3) is 0.889. The highest BCUT2D eigenvalue weighted by Crippen LogP contribution is 2.55. The van der Waals surface area contributed by atoms with E-state index in [2.05, 4.69) is 5.32 Å². The third-order valence-corrected chi connectivity index (χ3v) is 6.82. The first-order valence-electron chi connectivity index (χ1n) is 9.42. The molecular formula is C18H25F3N2O2. The molecule has 1 N–H and O–H groups in total. The standard InChI is InChI=1S/C18H25F3N2O2/c19-18(20,21)16(25)23-3-1-14(2-4-23)15(24)22-17-8-11-5-12(9-17)7-13(6-11)10-17/h11-14H,1-10H2,(H,22,24). The third kappa shape index (κ3) is 3.26. The maximum atomic E-state index is 12.7. The summed E-state index contributed by atoms with van der Waals surface area (Å²) in [7, 11) is 0. The van der Waals surface area contributed by atoms with E-state index in [0.717, 1.165) is 41.9 Å². The number of hydrogen-bond donors (Lipinski definition) is 1. The summed E-state index contributed by atoms with van der Waals surface area (Å²) in [6.07, 6.45) is 2.91. The van der Waals surface area contributed by atoms with Gasteiger partial charge >= 0.3 is 12.1 Å². The number of piperidine rings is 1. The second kappa shape index (κ2) is 5.88. The van der Waals surface area contributed by atoms with Crippen molar-refractivity contribution >= 4 is 11.8 Å². The summed E-state index contributed by atoms with van der Waals surface area (Å²) in [4.78, 5) is 24.8. The zero-order valence-electron chi connectivity index (χ0n) is 14.3. The van der Waals surface area contributed by atoms with Crippen LogP contribution in [0, 0.1) is 23.7 Å². The van der Waals surface area contributed by atoms with Crippen molar-refractivity contribution in [2.45, 2.75) is 63.1 Å². The highest BCUT2D eigenvalue weighted by molar-refractivity contribution is 5.83. The molecule has 0 aromatic carbocycles. The van der Waals surface area contributed by atoms with Crippen molar-refractivity contribution in [2.24, 2.45) is 23.7 Å². The van der Waals surface area contributed by atoms with E-state index < -0.39 is 12.1 Å². The molecule has 5 fully saturated rings. The number of rotatable bonds is 2. The van der Waals surface area contributed by atoms with Crippen LogP contribution in [0.25, 0.3) is 0 Å². The van der Waals surface area contributed by atoms with Crippen molar-refractivity contribution in [1.29, 1.82) is 0 Å². The second-order valence-electron chi connectivity index (χ2n) is 8.75. The van der Waals surface area contributed by atoms with Crippen molar-refractivity contribution in [3.8, 4) is 0 Å². The monoisotopic (exact) mass is 358 g/mol. The first kappa shape index (κ1) is 17.2. The van der Waals surface area contributed by atoms with Gasteiger partial charge in [0.1, 0.15) is 0 Å². The third-order valence-electron chi connectivity index (χ3n) is 6.82. The lowest BCUT2D eigenvalue weighted by Gasteiger charge is -2.57. The molecule has 5 aliphatic rings. The maximum absolute atomic E-state index is 12.7. The predicted octanol–water partition coefficient (Wildman–Crippen LogP) is 2.87. The maximum Gasteiger partial charge on any atom is 0.471 e. The molecule has 4 bridgehead atoms. The Balaban J connectivity index is 1.33. The Bertz CT molecular complexity index is 532. The molecule has 1 saturated heterocycles. The topological polar surface area (TPSA) is 49.4 Å². The number of hydrogen-bond acceptors (Lipinski definition) is 2. The fourth-order valence-corrected chi connectivity index (χ4v) is 6.15. The highest BCUT2D eigenvalue weighted by atomic mass is 19.4. The van der Waals surface area contributed by atoms with Gasteiger partial charge < -0.3 is 10.2 Å². The summed E-state index contributed by atoms with van der Waals surface area (Å²) < 4.78 is 37.5. The SMILES string of the molecule is O=C(NC12CC3CC(CC(C3)C1)C2)C1CCN(C(=O)C(F)(F)F)CC1. The van der Waals surface area contributed by atoms with E-state index in [9.17, 15) is 22.8 Å². The molecule has 140 valence electrons. The van der Waals surface area contributed by atoms with Gasteiger partial charge in [-0.1, -0.05) is 0 Å². The number of carbonyl (C=O) groups is 2. The zero-order valence-corrected chi connectivity index (χ0v) is 14.3. The van der Waals surface area contributed by atoms with Gasteiger partial charge in [-0.2, -0.15) is 13.2 Å². The molecule has 4 nitrogen and oxygen atoms in total. The van der Waals surface area contributed by atoms with Crippen LogP contribution in [0.5, 0.6) is 0 Å². The quantitative estimate of drug-likeness (QED) is 0.825. The van der Waals surface area contributed by atoms with E-state index in [1.165, 1.54) is 19.3 Å². The Morgan fingerprint density at radius 3 is 1.84 bits per heavy atom. The van der Waals surface area contributed by atoms with Crippen LogP contribution in [0.1, 0.15) is 51.4 Å². The Labute approximate surface area is 145 Å². The van der Waals surface area contributed by atoms with Crippen molar-refractivity contribution in [3.05, 3.63) is 0 Å². The molecule has 0 unspecified atom stereocenters. The molecule has 5 rings (SSSR count). The molecule has 1 heterocycles. The molecular weight excluding hydrogens is 333 g/mol. The molecule has 0 radical (unpaired) electrons. The number of nitrogens with one attached hydrogen (secondary N) is 1. The number of nitrogens with zero attached hydrogens (tertiary/aromatic N) is 1. The predicted molar refractivity (Wildman–Crippen MR) is 84.4 cm³/mol. The minimum Gasteiger partial charge on any atom is -0.350 e.